The minimum atomic E-state index is -2.47. The van der Waals surface area contributed by atoms with Gasteiger partial charge in [0.2, 0.25) is 0 Å². The SMILES string of the molecule is CCOC(=O)C(N)C=C(C)CP(=O)=O. The van der Waals surface area contributed by atoms with Gasteiger partial charge in [-0.3, -0.25) is 4.79 Å². The molecule has 5 nitrogen and oxygen atoms in total. The van der Waals surface area contributed by atoms with Crippen LogP contribution < -0.4 is 5.73 Å². The summed E-state index contributed by atoms with van der Waals surface area (Å²) in [4.78, 5) is 11.0. The third-order valence-electron chi connectivity index (χ3n) is 1.40. The van der Waals surface area contributed by atoms with E-state index in [9.17, 15) is 13.9 Å². The number of carbonyl (C=O) groups excluding carboxylic acids is 1. The van der Waals surface area contributed by atoms with Gasteiger partial charge in [-0.1, -0.05) is 11.6 Å². The van der Waals surface area contributed by atoms with Gasteiger partial charge < -0.3 is 10.5 Å². The number of ether oxygens (including phenoxy) is 1. The van der Waals surface area contributed by atoms with Gasteiger partial charge in [-0.15, -0.1) is 0 Å². The average molecular weight is 219 g/mol. The van der Waals surface area contributed by atoms with Crippen molar-refractivity contribution in [3.05, 3.63) is 11.6 Å². The summed E-state index contributed by atoms with van der Waals surface area (Å²) in [5.41, 5.74) is 5.98. The lowest BCUT2D eigenvalue weighted by molar-refractivity contribution is -0.143. The Bertz CT molecular complexity index is 288. The van der Waals surface area contributed by atoms with Crippen molar-refractivity contribution in [2.24, 2.45) is 5.73 Å². The first-order valence-corrected chi connectivity index (χ1v) is 5.55. The van der Waals surface area contributed by atoms with E-state index in [1.54, 1.807) is 13.8 Å². The number of rotatable bonds is 5. The first-order chi connectivity index (χ1) is 6.47. The van der Waals surface area contributed by atoms with Gasteiger partial charge in [-0.05, 0) is 13.8 Å². The van der Waals surface area contributed by atoms with Crippen molar-refractivity contribution in [1.29, 1.82) is 0 Å². The molecule has 0 aromatic carbocycles. The molecule has 1 atom stereocenters. The summed E-state index contributed by atoms with van der Waals surface area (Å²) in [7, 11) is -2.47. The lowest BCUT2D eigenvalue weighted by Crippen LogP contribution is -2.30. The summed E-state index contributed by atoms with van der Waals surface area (Å²) in [6.07, 6.45) is 1.31. The molecule has 0 aliphatic rings. The van der Waals surface area contributed by atoms with E-state index in [4.69, 9.17) is 5.73 Å². The van der Waals surface area contributed by atoms with E-state index < -0.39 is 19.7 Å². The number of allylic oxidation sites excluding steroid dienone is 1. The fourth-order valence-electron chi connectivity index (χ4n) is 0.869. The minimum Gasteiger partial charge on any atom is -0.465 e. The number of hydrogen-bond acceptors (Lipinski definition) is 5. The van der Waals surface area contributed by atoms with Gasteiger partial charge in [0.1, 0.15) is 6.04 Å². The summed E-state index contributed by atoms with van der Waals surface area (Å²) in [5, 5.41) is 0. The maximum absolute atomic E-state index is 11.0. The van der Waals surface area contributed by atoms with Crippen molar-refractivity contribution in [2.45, 2.75) is 19.9 Å². The van der Waals surface area contributed by atoms with Crippen LogP contribution in [-0.2, 0) is 18.7 Å². The highest BCUT2D eigenvalue weighted by atomic mass is 31.1. The predicted octanol–water partition coefficient (Wildman–Crippen LogP) is 0.996. The average Bonchev–Trinajstić information content (AvgIpc) is 2.02. The number of esters is 1. The van der Waals surface area contributed by atoms with Crippen LogP contribution in [0.5, 0.6) is 0 Å². The normalized spacial score (nSPS) is 13.5. The van der Waals surface area contributed by atoms with Gasteiger partial charge in [0, 0.05) is 0 Å². The monoisotopic (exact) mass is 219 g/mol. The van der Waals surface area contributed by atoms with Crippen molar-refractivity contribution in [3.8, 4) is 0 Å². The van der Waals surface area contributed by atoms with E-state index in [0.29, 0.717) is 5.57 Å². The Morgan fingerprint density at radius 1 is 1.57 bits per heavy atom. The third-order valence-corrected chi connectivity index (χ3v) is 2.16. The van der Waals surface area contributed by atoms with Crippen LogP contribution in [0.2, 0.25) is 0 Å². The number of carbonyl (C=O) groups is 1. The fraction of sp³-hybridized carbons (Fsp3) is 0.625. The maximum Gasteiger partial charge on any atom is 0.326 e. The molecule has 0 saturated carbocycles. The Morgan fingerprint density at radius 2 is 2.14 bits per heavy atom. The van der Waals surface area contributed by atoms with Crippen LogP contribution in [0.15, 0.2) is 11.6 Å². The van der Waals surface area contributed by atoms with E-state index >= 15 is 0 Å². The third kappa shape index (κ3) is 5.67. The van der Waals surface area contributed by atoms with Gasteiger partial charge in [0.25, 0.3) is 0 Å². The zero-order valence-electron chi connectivity index (χ0n) is 8.23. The molecule has 0 radical (unpaired) electrons. The lowest BCUT2D eigenvalue weighted by Gasteiger charge is -2.06. The molecule has 0 saturated heterocycles. The zero-order chi connectivity index (χ0) is 11.1. The quantitative estimate of drug-likeness (QED) is 0.423. The van der Waals surface area contributed by atoms with Gasteiger partial charge in [0.05, 0.1) is 12.8 Å². The Labute approximate surface area is 83.1 Å². The van der Waals surface area contributed by atoms with Crippen LogP contribution in [-0.4, -0.2) is 24.8 Å². The van der Waals surface area contributed by atoms with Gasteiger partial charge in [-0.25, -0.2) is 9.13 Å². The molecule has 0 spiro atoms. The molecule has 0 heterocycles. The molecule has 14 heavy (non-hydrogen) atoms. The maximum atomic E-state index is 11.0. The molecule has 6 heteroatoms. The van der Waals surface area contributed by atoms with Crippen LogP contribution in [0.25, 0.3) is 0 Å². The van der Waals surface area contributed by atoms with E-state index in [-0.39, 0.29) is 12.8 Å². The Balaban J connectivity index is 4.26. The Morgan fingerprint density at radius 3 is 2.57 bits per heavy atom. The van der Waals surface area contributed by atoms with Crippen LogP contribution >= 0.6 is 7.68 Å². The highest BCUT2D eigenvalue weighted by molar-refractivity contribution is 7.31. The lowest BCUT2D eigenvalue weighted by atomic mass is 10.2. The molecular formula is C8H14NO4P. The summed E-state index contributed by atoms with van der Waals surface area (Å²) in [6, 6.07) is -0.884. The summed E-state index contributed by atoms with van der Waals surface area (Å²) < 4.78 is 25.3. The molecule has 0 aliphatic heterocycles. The van der Waals surface area contributed by atoms with Crippen LogP contribution in [0.1, 0.15) is 13.8 Å². The summed E-state index contributed by atoms with van der Waals surface area (Å²) >= 11 is 0. The molecule has 0 aromatic rings. The predicted molar refractivity (Wildman–Crippen MR) is 51.5 cm³/mol. The van der Waals surface area contributed by atoms with Crippen molar-refractivity contribution >= 4 is 13.6 Å². The summed E-state index contributed by atoms with van der Waals surface area (Å²) in [6.45, 7) is 3.54. The first kappa shape index (κ1) is 13.1. The first-order valence-electron chi connectivity index (χ1n) is 4.18. The van der Waals surface area contributed by atoms with E-state index in [2.05, 4.69) is 4.74 Å². The van der Waals surface area contributed by atoms with Crippen molar-refractivity contribution in [2.75, 3.05) is 12.8 Å². The van der Waals surface area contributed by atoms with E-state index in [0.717, 1.165) is 0 Å². The van der Waals surface area contributed by atoms with Crippen molar-refractivity contribution in [1.82, 2.24) is 0 Å². The van der Waals surface area contributed by atoms with Crippen molar-refractivity contribution < 1.29 is 18.7 Å². The Kier molecular flexibility index (Phi) is 6.08. The standard InChI is InChI=1S/C8H14NO4P/c1-3-13-8(10)7(9)4-6(2)5-14(11)12/h4,7H,3,5,9H2,1-2H3. The van der Waals surface area contributed by atoms with Gasteiger partial charge in [0.15, 0.2) is 0 Å². The molecule has 0 bridgehead atoms. The molecule has 0 aliphatic carbocycles. The van der Waals surface area contributed by atoms with Crippen LogP contribution in [0, 0.1) is 0 Å². The second-order valence-electron chi connectivity index (χ2n) is 2.78. The molecule has 0 rings (SSSR count). The molecule has 0 amide bonds. The minimum absolute atomic E-state index is 0.0809. The smallest absolute Gasteiger partial charge is 0.326 e. The van der Waals surface area contributed by atoms with Gasteiger partial charge >= 0.3 is 13.6 Å². The van der Waals surface area contributed by atoms with E-state index in [1.807, 2.05) is 0 Å². The second-order valence-corrected chi connectivity index (χ2v) is 3.76. The van der Waals surface area contributed by atoms with Crippen molar-refractivity contribution in [3.63, 3.8) is 0 Å². The Hall–Kier alpha value is -0.930. The highest BCUT2D eigenvalue weighted by Crippen LogP contribution is 2.10. The van der Waals surface area contributed by atoms with Crippen LogP contribution in [0.4, 0.5) is 0 Å². The second kappa shape index (κ2) is 6.51. The highest BCUT2D eigenvalue weighted by Gasteiger charge is 2.11. The largest absolute Gasteiger partial charge is 0.465 e. The molecule has 80 valence electrons. The van der Waals surface area contributed by atoms with Gasteiger partial charge in [-0.2, -0.15) is 0 Å². The molecule has 1 unspecified atom stereocenters. The number of nitrogens with two attached hydrogens (primary N) is 1. The number of hydrogen-bond donors (Lipinski definition) is 1. The molecule has 0 fully saturated rings. The molecular weight excluding hydrogens is 205 g/mol. The van der Waals surface area contributed by atoms with Crippen LogP contribution in [0.3, 0.4) is 0 Å². The van der Waals surface area contributed by atoms with E-state index in [1.165, 1.54) is 6.08 Å². The zero-order valence-corrected chi connectivity index (χ0v) is 9.12. The molecule has 2 N–H and O–H groups in total. The fourth-order valence-corrected chi connectivity index (χ4v) is 1.38. The summed E-state index contributed by atoms with van der Waals surface area (Å²) in [5.74, 6) is -0.548. The molecule has 0 aromatic heterocycles. The topological polar surface area (TPSA) is 86.5 Å².